The molecule has 0 saturated carbocycles. The highest BCUT2D eigenvalue weighted by molar-refractivity contribution is 6.45. The minimum absolute atomic E-state index is 0.0516. The van der Waals surface area contributed by atoms with E-state index in [0.717, 1.165) is 23.4 Å². The van der Waals surface area contributed by atoms with Crippen LogP contribution in [-0.4, -0.2) is 99.5 Å². The summed E-state index contributed by atoms with van der Waals surface area (Å²) >= 11 is 0. The number of aromatic amines is 1. The van der Waals surface area contributed by atoms with E-state index < -0.39 is 109 Å². The third kappa shape index (κ3) is 4.22. The van der Waals surface area contributed by atoms with E-state index in [0.29, 0.717) is 4.68 Å². The van der Waals surface area contributed by atoms with Crippen LogP contribution in [0, 0.1) is 13.8 Å². The third-order valence-electron chi connectivity index (χ3n) is 5.21. The van der Waals surface area contributed by atoms with E-state index in [-0.39, 0.29) is 21.8 Å². The molecule has 1 saturated heterocycles. The van der Waals surface area contributed by atoms with Crippen molar-refractivity contribution < 1.29 is 37.6 Å². The molecular formula is C24H24N12O3. The Labute approximate surface area is 245 Å². The number of hydrogen-bond acceptors (Lipinski definition) is 11. The molecule has 0 aromatic carbocycles. The number of pyridine rings is 2. The molecule has 1 N–H and O–H groups in total. The second-order valence-electron chi connectivity index (χ2n) is 7.58. The molecule has 0 unspecified atom stereocenters. The van der Waals surface area contributed by atoms with Gasteiger partial charge in [-0.2, -0.15) is 9.78 Å². The Hall–Kier alpha value is -5.21. The smallest absolute Gasteiger partial charge is 0.295 e. The first-order valence-corrected chi connectivity index (χ1v) is 10.6. The number of ether oxygens (including phenoxy) is 1. The number of nitrogens with zero attached hydrogens (tertiary/aromatic N) is 11. The molecule has 6 heterocycles. The Morgan fingerprint density at radius 3 is 2.85 bits per heavy atom. The number of carbonyl (C=O) groups excluding carboxylic acids is 2. The summed E-state index contributed by atoms with van der Waals surface area (Å²) in [6.45, 7) is -17.3. The van der Waals surface area contributed by atoms with Gasteiger partial charge < -0.3 is 19.5 Å². The van der Waals surface area contributed by atoms with Crippen LogP contribution in [0.15, 0.2) is 37.0 Å². The van der Waals surface area contributed by atoms with Crippen molar-refractivity contribution >= 4 is 28.5 Å². The Morgan fingerprint density at radius 2 is 2.05 bits per heavy atom. The summed E-state index contributed by atoms with van der Waals surface area (Å²) in [4.78, 5) is 41.4. The van der Waals surface area contributed by atoms with Crippen molar-refractivity contribution in [2.24, 2.45) is 0 Å². The number of hydrogen-bond donors (Lipinski definition) is 1. The summed E-state index contributed by atoms with van der Waals surface area (Å²) in [6.07, 6.45) is 1.92. The van der Waals surface area contributed by atoms with Gasteiger partial charge in [0.15, 0.2) is 11.6 Å². The van der Waals surface area contributed by atoms with Crippen LogP contribution in [0.3, 0.4) is 0 Å². The number of Topliss-reactive ketones (excluding diaryl/α,β-unsaturated/α-hetero) is 1. The molecule has 0 spiro atoms. The van der Waals surface area contributed by atoms with Gasteiger partial charge >= 0.3 is 0 Å². The normalized spacial score (nSPS) is 25.9. The summed E-state index contributed by atoms with van der Waals surface area (Å²) in [7, 11) is -3.20. The number of piperazine rings is 1. The number of aromatic nitrogens is 10. The van der Waals surface area contributed by atoms with E-state index in [9.17, 15) is 9.59 Å². The molecule has 5 aromatic heterocycles. The lowest BCUT2D eigenvalue weighted by atomic mass is 10.1. The van der Waals surface area contributed by atoms with Crippen molar-refractivity contribution in [3.8, 4) is 17.4 Å². The standard InChI is InChI=1S/C24H24N12O3/c1-14-4-5-18(25-10-14)36-24(29-31-32-36)34-8-6-33(7-9-34)23(38)21(37)16-11-26-20-19(16)17(39-3)12-27-22(20)35-13-28-15(2)30-35/h4-5,10-13,26H,6-9H2,1-3H3/i2D3,3D3,4D,5D,6D2,7D2,8D2,9D2,10D. The van der Waals surface area contributed by atoms with Gasteiger partial charge in [-0.05, 0) is 35.8 Å². The number of anilines is 1. The van der Waals surface area contributed by atoms with Crippen LogP contribution in [0.2, 0.25) is 0 Å². The quantitative estimate of drug-likeness (QED) is 0.235. The molecule has 1 aliphatic heterocycles. The van der Waals surface area contributed by atoms with Crippen molar-refractivity contribution in [3.63, 3.8) is 0 Å². The lowest BCUT2D eigenvalue weighted by Gasteiger charge is -2.34. The SMILES string of the molecule is [2H]c1nc(-n2nnnc2N2C([2H])([2H])C([2H])([2H])N(C(=O)C(=O)c3c[nH]c4c(-n5cnc(C([2H])([2H])[2H])n5)ncc(OC([2H])([2H])[2H])c34)C([2H])([2H])C2([2H])[2H])c([2H])c([2H])c1C. The highest BCUT2D eigenvalue weighted by atomic mass is 16.5. The zero-order valence-corrected chi connectivity index (χ0v) is 19.4. The van der Waals surface area contributed by atoms with E-state index in [1.54, 1.807) is 0 Å². The first-order chi connectivity index (χ1) is 25.6. The molecule has 1 amide bonds. The number of rotatable bonds is 6. The van der Waals surface area contributed by atoms with Gasteiger partial charge in [-0.25, -0.2) is 19.6 Å². The van der Waals surface area contributed by atoms with E-state index in [1.807, 2.05) is 0 Å². The second kappa shape index (κ2) is 9.59. The topological polar surface area (TPSA) is 166 Å². The summed E-state index contributed by atoms with van der Waals surface area (Å²) < 4.78 is 146. The van der Waals surface area contributed by atoms with Gasteiger partial charge in [-0.3, -0.25) is 9.59 Å². The van der Waals surface area contributed by atoms with Crippen LogP contribution < -0.4 is 9.64 Å². The minimum atomic E-state index is -4.01. The van der Waals surface area contributed by atoms with Gasteiger partial charge in [0.25, 0.3) is 17.6 Å². The van der Waals surface area contributed by atoms with Crippen LogP contribution in [0.5, 0.6) is 5.75 Å². The van der Waals surface area contributed by atoms with Crippen LogP contribution in [0.1, 0.15) is 45.0 Å². The predicted molar refractivity (Wildman–Crippen MR) is 137 cm³/mol. The fourth-order valence-electron chi connectivity index (χ4n) is 3.48. The number of ketones is 1. The van der Waals surface area contributed by atoms with Crippen molar-refractivity contribution in [2.45, 2.75) is 13.8 Å². The number of fused-ring (bicyclic) bond motifs is 1. The van der Waals surface area contributed by atoms with Crippen molar-refractivity contribution in [2.75, 3.05) is 37.9 Å². The average Bonchev–Trinajstić information content (AvgIpc) is 3.84. The Balaban J connectivity index is 1.48. The highest BCUT2D eigenvalue weighted by Gasteiger charge is 2.31. The molecule has 1 aliphatic rings. The first kappa shape index (κ1) is 11.7. The van der Waals surface area contributed by atoms with Gasteiger partial charge in [0.05, 0.1) is 48.9 Å². The molecular weight excluding hydrogens is 504 g/mol. The predicted octanol–water partition coefficient (Wildman–Crippen LogP) is 0.671. The van der Waals surface area contributed by atoms with Gasteiger partial charge in [0, 0.05) is 42.5 Å². The second-order valence-corrected chi connectivity index (χ2v) is 7.58. The van der Waals surface area contributed by atoms with Crippen LogP contribution in [-0.2, 0) is 4.79 Å². The monoisotopic (exact) mass is 545 g/mol. The zero-order valence-electron chi connectivity index (χ0n) is 36.4. The van der Waals surface area contributed by atoms with Crippen molar-refractivity contribution in [3.05, 3.63) is 53.9 Å². The minimum Gasteiger partial charge on any atom is -0.494 e. The number of methoxy groups -OCH3 is 1. The maximum Gasteiger partial charge on any atom is 0.295 e. The van der Waals surface area contributed by atoms with Gasteiger partial charge in [-0.1, -0.05) is 11.1 Å². The summed E-state index contributed by atoms with van der Waals surface area (Å²) in [5, 5.41) is 13.6. The molecule has 198 valence electrons. The average molecular weight is 546 g/mol. The van der Waals surface area contributed by atoms with Gasteiger partial charge in [0.2, 0.25) is 0 Å². The molecule has 15 nitrogen and oxygen atoms in total. The fraction of sp³-hybridized carbons (Fsp3) is 0.292. The number of carbonyl (C=O) groups is 2. The molecule has 0 atom stereocenters. The van der Waals surface area contributed by atoms with E-state index in [1.165, 1.54) is 6.92 Å². The molecule has 39 heavy (non-hydrogen) atoms. The molecule has 0 radical (unpaired) electrons. The molecule has 6 rings (SSSR count). The van der Waals surface area contributed by atoms with Crippen LogP contribution >= 0.6 is 0 Å². The van der Waals surface area contributed by atoms with Crippen LogP contribution in [0.25, 0.3) is 22.5 Å². The Bertz CT molecular complexity index is 2390. The van der Waals surface area contributed by atoms with E-state index in [2.05, 4.69) is 40.6 Å². The lowest BCUT2D eigenvalue weighted by molar-refractivity contribution is -0.126. The lowest BCUT2D eigenvalue weighted by Crippen LogP contribution is -2.51. The summed E-state index contributed by atoms with van der Waals surface area (Å²) in [6, 6.07) is -1.26. The van der Waals surface area contributed by atoms with Crippen molar-refractivity contribution in [1.82, 2.24) is 54.8 Å². The maximum absolute atomic E-state index is 14.1. The number of tetrazole rings is 1. The highest BCUT2D eigenvalue weighted by Crippen LogP contribution is 2.32. The van der Waals surface area contributed by atoms with Gasteiger partial charge in [0.1, 0.15) is 17.9 Å². The number of amides is 1. The number of nitrogens with one attached hydrogen (secondary N) is 1. The molecule has 5 aromatic rings. The fourth-order valence-corrected chi connectivity index (χ4v) is 3.48. The Morgan fingerprint density at radius 1 is 1.18 bits per heavy atom. The summed E-state index contributed by atoms with van der Waals surface area (Å²) in [5.74, 6) is -7.47. The van der Waals surface area contributed by atoms with Gasteiger partial charge in [-0.15, -0.1) is 0 Å². The zero-order chi connectivity index (χ0) is 41.9. The molecule has 15 heteroatoms. The van der Waals surface area contributed by atoms with E-state index in [4.69, 9.17) is 28.0 Å². The maximum atomic E-state index is 14.1. The Kier molecular flexibility index (Phi) is 2.87. The molecule has 1 fully saturated rings. The molecule has 0 bridgehead atoms. The first-order valence-electron chi connectivity index (χ1n) is 19.1. The molecule has 0 aliphatic carbocycles. The van der Waals surface area contributed by atoms with Crippen molar-refractivity contribution in [1.29, 1.82) is 0 Å². The number of aryl methyl sites for hydroxylation is 1. The van der Waals surface area contributed by atoms with E-state index >= 15 is 0 Å². The number of H-pyrrole nitrogens is 1. The van der Waals surface area contributed by atoms with Crippen LogP contribution in [0.4, 0.5) is 5.95 Å². The third-order valence-corrected chi connectivity index (χ3v) is 5.21. The summed E-state index contributed by atoms with van der Waals surface area (Å²) in [5.41, 5.74) is -1.19. The largest absolute Gasteiger partial charge is 0.494 e.